The Kier molecular flexibility index (Phi) is 3.56. The molecule has 0 atom stereocenters. The molecule has 0 unspecified atom stereocenters. The summed E-state index contributed by atoms with van der Waals surface area (Å²) < 4.78 is 0. The van der Waals surface area contributed by atoms with Gasteiger partial charge < -0.3 is 0 Å². The molecule has 42 valence electrons. The molecule has 2 nitrogen and oxygen atoms in total. The van der Waals surface area contributed by atoms with Crippen LogP contribution in [0.4, 0.5) is 0 Å². The average Bonchev–Trinajstić information content (AvgIpc) is 1.66. The Hall–Kier alpha value is -1.06. The van der Waals surface area contributed by atoms with Crippen LogP contribution in [-0.2, 0) is 4.79 Å². The van der Waals surface area contributed by atoms with Crippen LogP contribution < -0.4 is 0 Å². The van der Waals surface area contributed by atoms with Gasteiger partial charge in [-0.15, -0.1) is 4.99 Å². The third kappa shape index (κ3) is 4.94. The summed E-state index contributed by atoms with van der Waals surface area (Å²) in [5, 5.41) is 0. The molecule has 2 heteroatoms. The van der Waals surface area contributed by atoms with Gasteiger partial charge in [0.25, 0.3) is 0 Å². The first-order valence-corrected chi connectivity index (χ1v) is 2.34. The first kappa shape index (κ1) is 6.94. The van der Waals surface area contributed by atoms with Gasteiger partial charge in [0.2, 0.25) is 6.08 Å². The molecule has 0 spiro atoms. The van der Waals surface area contributed by atoms with Crippen LogP contribution in [0.1, 0.15) is 13.8 Å². The Morgan fingerprint density at radius 2 is 2.12 bits per heavy atom. The molecule has 0 rings (SSSR count). The molecule has 0 aromatic carbocycles. The first-order valence-electron chi connectivity index (χ1n) is 2.34. The van der Waals surface area contributed by atoms with Crippen molar-refractivity contribution in [3.8, 4) is 12.0 Å². The summed E-state index contributed by atoms with van der Waals surface area (Å²) in [6.07, 6.45) is 1.32. The average molecular weight is 109 g/mol. The molecule has 0 aliphatic rings. The van der Waals surface area contributed by atoms with E-state index in [9.17, 15) is 4.79 Å². The Labute approximate surface area is 48.6 Å². The normalized spacial score (nSPS) is 6.88. The van der Waals surface area contributed by atoms with E-state index in [2.05, 4.69) is 17.0 Å². The maximum Gasteiger partial charge on any atom is 0.249 e. The van der Waals surface area contributed by atoms with Crippen molar-refractivity contribution in [2.45, 2.75) is 13.8 Å². The molecule has 0 saturated carbocycles. The summed E-state index contributed by atoms with van der Waals surface area (Å²) in [7, 11) is 0. The summed E-state index contributed by atoms with van der Waals surface area (Å²) in [4.78, 5) is 12.4. The highest BCUT2D eigenvalue weighted by molar-refractivity contribution is 5.36. The number of isocyanates is 1. The van der Waals surface area contributed by atoms with Gasteiger partial charge >= 0.3 is 0 Å². The Bertz CT molecular complexity index is 155. The van der Waals surface area contributed by atoms with Crippen molar-refractivity contribution < 1.29 is 4.79 Å². The van der Waals surface area contributed by atoms with Crippen molar-refractivity contribution in [2.24, 2.45) is 10.9 Å². The number of hydrogen-bond donors (Lipinski definition) is 0. The summed E-state index contributed by atoms with van der Waals surface area (Å²) >= 11 is 0. The maximum atomic E-state index is 9.39. The monoisotopic (exact) mass is 109 g/mol. The molecule has 0 saturated heterocycles. The second-order valence-electron chi connectivity index (χ2n) is 1.61. The molecular weight excluding hydrogens is 102 g/mol. The van der Waals surface area contributed by atoms with Crippen LogP contribution in [0.3, 0.4) is 0 Å². The highest BCUT2D eigenvalue weighted by Crippen LogP contribution is 1.84. The second-order valence-corrected chi connectivity index (χ2v) is 1.61. The zero-order valence-corrected chi connectivity index (χ0v) is 4.93. The van der Waals surface area contributed by atoms with Crippen LogP contribution in [0.25, 0.3) is 0 Å². The summed E-state index contributed by atoms with van der Waals surface area (Å²) in [6, 6.07) is 2.29. The van der Waals surface area contributed by atoms with Crippen molar-refractivity contribution in [1.82, 2.24) is 0 Å². The van der Waals surface area contributed by atoms with Crippen LogP contribution in [0.15, 0.2) is 4.99 Å². The van der Waals surface area contributed by atoms with Crippen molar-refractivity contribution >= 4 is 6.08 Å². The number of rotatable bonds is 0. The zero-order valence-electron chi connectivity index (χ0n) is 4.93. The lowest BCUT2D eigenvalue weighted by Crippen LogP contribution is -1.75. The van der Waals surface area contributed by atoms with E-state index in [4.69, 9.17) is 0 Å². The van der Waals surface area contributed by atoms with E-state index in [1.807, 2.05) is 13.8 Å². The molecule has 0 aromatic rings. The summed E-state index contributed by atoms with van der Waals surface area (Å²) in [6.45, 7) is 3.85. The Balaban J connectivity index is 3.67. The fourth-order valence-electron chi connectivity index (χ4n) is 0.184. The predicted octanol–water partition coefficient (Wildman–Crippen LogP) is 0.939. The van der Waals surface area contributed by atoms with Crippen LogP contribution >= 0.6 is 0 Å². The van der Waals surface area contributed by atoms with Gasteiger partial charge in [-0.3, -0.25) is 0 Å². The first-order chi connectivity index (χ1) is 3.77. The highest BCUT2D eigenvalue weighted by Gasteiger charge is 1.77. The SMILES string of the molecule is CC(C)C#CN=C=O. The summed E-state index contributed by atoms with van der Waals surface area (Å²) in [5.41, 5.74) is 0. The fraction of sp³-hybridized carbons (Fsp3) is 0.500. The van der Waals surface area contributed by atoms with E-state index in [1.165, 1.54) is 6.08 Å². The minimum atomic E-state index is 0.270. The van der Waals surface area contributed by atoms with Gasteiger partial charge in [-0.25, -0.2) is 4.79 Å². The molecule has 0 radical (unpaired) electrons. The Morgan fingerprint density at radius 1 is 1.50 bits per heavy atom. The molecule has 0 N–H and O–H groups in total. The lowest BCUT2D eigenvalue weighted by Gasteiger charge is -1.81. The van der Waals surface area contributed by atoms with Gasteiger partial charge in [0, 0.05) is 12.0 Å². The molecule has 8 heavy (non-hydrogen) atoms. The van der Waals surface area contributed by atoms with E-state index >= 15 is 0 Å². The van der Waals surface area contributed by atoms with E-state index < -0.39 is 0 Å². The van der Waals surface area contributed by atoms with Gasteiger partial charge in [0.05, 0.1) is 0 Å². The number of carbonyl (C=O) groups excluding carboxylic acids is 1. The molecule has 0 aliphatic carbocycles. The molecule has 0 fully saturated rings. The van der Waals surface area contributed by atoms with Crippen molar-refractivity contribution in [1.29, 1.82) is 0 Å². The van der Waals surface area contributed by atoms with Crippen LogP contribution in [0.5, 0.6) is 0 Å². The molecule has 0 bridgehead atoms. The van der Waals surface area contributed by atoms with E-state index in [0.717, 1.165) is 0 Å². The van der Waals surface area contributed by atoms with Gasteiger partial charge in [0.15, 0.2) is 0 Å². The van der Waals surface area contributed by atoms with Crippen LogP contribution in [0.2, 0.25) is 0 Å². The molecular formula is C6H7NO. The predicted molar refractivity (Wildman–Crippen MR) is 30.7 cm³/mol. The van der Waals surface area contributed by atoms with Gasteiger partial charge in [-0.1, -0.05) is 19.8 Å². The Morgan fingerprint density at radius 3 is 2.50 bits per heavy atom. The molecule has 0 aromatic heterocycles. The largest absolute Gasteiger partial charge is 0.249 e. The van der Waals surface area contributed by atoms with Crippen molar-refractivity contribution in [2.75, 3.05) is 0 Å². The third-order valence-electron chi connectivity index (χ3n) is 0.455. The van der Waals surface area contributed by atoms with E-state index in [1.54, 1.807) is 0 Å². The van der Waals surface area contributed by atoms with Crippen molar-refractivity contribution in [3.63, 3.8) is 0 Å². The maximum absolute atomic E-state index is 9.39. The summed E-state index contributed by atoms with van der Waals surface area (Å²) in [5.74, 6) is 2.94. The number of hydrogen-bond acceptors (Lipinski definition) is 2. The minimum absolute atomic E-state index is 0.270. The molecule has 0 aliphatic heterocycles. The van der Waals surface area contributed by atoms with E-state index in [-0.39, 0.29) is 5.92 Å². The lowest BCUT2D eigenvalue weighted by molar-refractivity contribution is 0.565. The minimum Gasteiger partial charge on any atom is -0.210 e. The standard InChI is InChI=1S/C6H7NO/c1-6(2)3-4-7-5-8/h6H,1-2H3. The van der Waals surface area contributed by atoms with Crippen LogP contribution in [-0.4, -0.2) is 6.08 Å². The van der Waals surface area contributed by atoms with Crippen LogP contribution in [0, 0.1) is 17.9 Å². The van der Waals surface area contributed by atoms with Gasteiger partial charge in [-0.2, -0.15) is 0 Å². The van der Waals surface area contributed by atoms with Crippen molar-refractivity contribution in [3.05, 3.63) is 0 Å². The molecule has 0 amide bonds. The number of aliphatic imine (C=N–C) groups is 1. The topological polar surface area (TPSA) is 29.4 Å². The van der Waals surface area contributed by atoms with Gasteiger partial charge in [0.1, 0.15) is 0 Å². The van der Waals surface area contributed by atoms with E-state index in [0.29, 0.717) is 0 Å². The third-order valence-corrected chi connectivity index (χ3v) is 0.455. The molecule has 0 heterocycles. The second kappa shape index (κ2) is 4.11. The quantitative estimate of drug-likeness (QED) is 0.258. The lowest BCUT2D eigenvalue weighted by atomic mass is 10.2. The smallest absolute Gasteiger partial charge is 0.210 e. The van der Waals surface area contributed by atoms with Gasteiger partial charge in [-0.05, 0) is 0 Å². The number of nitrogens with zero attached hydrogens (tertiary/aromatic N) is 1. The fourth-order valence-corrected chi connectivity index (χ4v) is 0.184. The zero-order chi connectivity index (χ0) is 6.41. The highest BCUT2D eigenvalue weighted by atomic mass is 16.1.